The lowest BCUT2D eigenvalue weighted by Crippen LogP contribution is -2.54. The molecule has 2 atom stereocenters. The molecule has 3 N–H and O–H groups in total. The van der Waals surface area contributed by atoms with Crippen LogP contribution in [0.25, 0.3) is 0 Å². The number of esters is 1. The number of hydrazine groups is 1. The number of aliphatic imine (C=N–C) groups is 1. The van der Waals surface area contributed by atoms with Crippen molar-refractivity contribution >= 4 is 17.8 Å². The van der Waals surface area contributed by atoms with E-state index in [1.807, 2.05) is 30.3 Å². The summed E-state index contributed by atoms with van der Waals surface area (Å²) < 4.78 is 27.9. The van der Waals surface area contributed by atoms with Crippen molar-refractivity contribution in [2.75, 3.05) is 34.0 Å². The van der Waals surface area contributed by atoms with E-state index in [2.05, 4.69) is 10.9 Å². The Morgan fingerprint density at radius 2 is 1.76 bits per heavy atom. The van der Waals surface area contributed by atoms with Crippen LogP contribution in [0.3, 0.4) is 0 Å². The molecule has 224 valence electrons. The number of nitrogens with one attached hydrogen (secondary N) is 2. The fourth-order valence-corrected chi connectivity index (χ4v) is 4.27. The largest absolute Gasteiger partial charge is 0.494 e. The molecule has 0 radical (unpaired) electrons. The number of hydrogen-bond donors (Lipinski definition) is 3. The van der Waals surface area contributed by atoms with Gasteiger partial charge < -0.3 is 28.8 Å². The Bertz CT molecular complexity index is 1150. The summed E-state index contributed by atoms with van der Waals surface area (Å²) in [6.07, 6.45) is -0.933. The molecular weight excluding hydrogens is 530 g/mol. The van der Waals surface area contributed by atoms with Gasteiger partial charge in [0, 0.05) is 39.2 Å². The fraction of sp³-hybridized carbons (Fsp3) is 0.500. The normalized spacial score (nSPS) is 18.5. The highest BCUT2D eigenvalue weighted by Crippen LogP contribution is 2.43. The Hall–Kier alpha value is -3.51. The van der Waals surface area contributed by atoms with E-state index in [4.69, 9.17) is 33.8 Å². The number of benzene rings is 2. The first-order valence-corrected chi connectivity index (χ1v) is 13.6. The number of aliphatic hydroxyl groups excluding tert-OH is 1. The number of nitrogens with zero attached hydrogens (tertiary/aromatic N) is 1. The topological polar surface area (TPSA) is 137 Å². The van der Waals surface area contributed by atoms with Crippen LogP contribution in [0.5, 0.6) is 5.75 Å². The molecule has 0 fully saturated rings. The van der Waals surface area contributed by atoms with Crippen molar-refractivity contribution in [3.8, 4) is 5.75 Å². The van der Waals surface area contributed by atoms with Crippen LogP contribution in [-0.4, -0.2) is 74.3 Å². The average molecular weight is 572 g/mol. The van der Waals surface area contributed by atoms with Crippen molar-refractivity contribution in [2.24, 2.45) is 4.99 Å². The number of carbonyl (C=O) groups is 2. The molecule has 2 aromatic carbocycles. The minimum Gasteiger partial charge on any atom is -0.494 e. The molecule has 1 aliphatic rings. The van der Waals surface area contributed by atoms with Crippen LogP contribution < -0.4 is 15.6 Å². The minimum atomic E-state index is -1.51. The lowest BCUT2D eigenvalue weighted by atomic mass is 9.83. The van der Waals surface area contributed by atoms with Crippen LogP contribution in [0.2, 0.25) is 0 Å². The van der Waals surface area contributed by atoms with Gasteiger partial charge in [0.2, 0.25) is 5.90 Å². The Morgan fingerprint density at radius 3 is 2.37 bits per heavy atom. The van der Waals surface area contributed by atoms with Crippen molar-refractivity contribution in [2.45, 2.75) is 63.6 Å². The van der Waals surface area contributed by atoms with Gasteiger partial charge in [-0.3, -0.25) is 15.0 Å². The minimum absolute atomic E-state index is 0.0266. The molecule has 41 heavy (non-hydrogen) atoms. The second-order valence-electron chi connectivity index (χ2n) is 10.5. The maximum absolute atomic E-state index is 13.9. The van der Waals surface area contributed by atoms with Crippen molar-refractivity contribution in [3.63, 3.8) is 0 Å². The summed E-state index contributed by atoms with van der Waals surface area (Å²) in [7, 11) is 2.99. The molecule has 3 rings (SSSR count). The molecule has 1 amide bonds. The zero-order valence-electron chi connectivity index (χ0n) is 24.3. The van der Waals surface area contributed by atoms with Gasteiger partial charge >= 0.3 is 5.97 Å². The number of aliphatic hydroxyl groups is 1. The first-order chi connectivity index (χ1) is 19.6. The van der Waals surface area contributed by atoms with Crippen LogP contribution in [0.1, 0.15) is 57.3 Å². The van der Waals surface area contributed by atoms with Gasteiger partial charge in [-0.2, -0.15) is 0 Å². The number of rotatable bonds is 15. The summed E-state index contributed by atoms with van der Waals surface area (Å²) in [4.78, 5) is 31.6. The van der Waals surface area contributed by atoms with Gasteiger partial charge in [-0.15, -0.1) is 0 Å². The highest BCUT2D eigenvalue weighted by Gasteiger charge is 2.53. The summed E-state index contributed by atoms with van der Waals surface area (Å²) in [6, 6.07) is 16.4. The Labute approximate surface area is 241 Å². The van der Waals surface area contributed by atoms with Gasteiger partial charge in [0.1, 0.15) is 11.4 Å². The van der Waals surface area contributed by atoms with E-state index < -0.39 is 35.4 Å². The zero-order valence-corrected chi connectivity index (χ0v) is 24.3. The van der Waals surface area contributed by atoms with Gasteiger partial charge in [0.05, 0.1) is 13.2 Å². The molecule has 2 aromatic rings. The van der Waals surface area contributed by atoms with E-state index in [0.717, 1.165) is 5.56 Å². The number of methoxy groups -OCH3 is 2. The lowest BCUT2D eigenvalue weighted by molar-refractivity contribution is -0.155. The van der Waals surface area contributed by atoms with Crippen molar-refractivity contribution in [1.82, 2.24) is 10.9 Å². The van der Waals surface area contributed by atoms with Gasteiger partial charge in [0.25, 0.3) is 5.91 Å². The van der Waals surface area contributed by atoms with E-state index >= 15 is 0 Å². The van der Waals surface area contributed by atoms with E-state index in [1.165, 1.54) is 14.2 Å². The summed E-state index contributed by atoms with van der Waals surface area (Å²) in [5, 5.41) is 8.99. The Morgan fingerprint density at radius 1 is 1.07 bits per heavy atom. The third kappa shape index (κ3) is 8.99. The third-order valence-corrected chi connectivity index (χ3v) is 6.26. The van der Waals surface area contributed by atoms with Crippen LogP contribution >= 0.6 is 0 Å². The number of amides is 1. The second-order valence-corrected chi connectivity index (χ2v) is 10.5. The lowest BCUT2D eigenvalue weighted by Gasteiger charge is -2.31. The van der Waals surface area contributed by atoms with E-state index in [9.17, 15) is 9.59 Å². The monoisotopic (exact) mass is 571 g/mol. The van der Waals surface area contributed by atoms with Gasteiger partial charge in [-0.25, -0.2) is 10.4 Å². The van der Waals surface area contributed by atoms with E-state index in [1.54, 1.807) is 45.0 Å². The van der Waals surface area contributed by atoms with E-state index in [-0.39, 0.29) is 31.9 Å². The first-order valence-electron chi connectivity index (χ1n) is 13.6. The van der Waals surface area contributed by atoms with Gasteiger partial charge in [0.15, 0.2) is 17.9 Å². The summed E-state index contributed by atoms with van der Waals surface area (Å²) >= 11 is 0. The zero-order chi connectivity index (χ0) is 29.9. The molecule has 0 aromatic heterocycles. The average Bonchev–Trinajstić information content (AvgIpc) is 3.35. The quantitative estimate of drug-likeness (QED) is 0.127. The molecule has 0 bridgehead atoms. The second kappa shape index (κ2) is 14.9. The van der Waals surface area contributed by atoms with Crippen molar-refractivity contribution in [1.29, 1.82) is 0 Å². The van der Waals surface area contributed by atoms with Crippen LogP contribution in [0.4, 0.5) is 0 Å². The van der Waals surface area contributed by atoms with Gasteiger partial charge in [-0.1, -0.05) is 30.3 Å². The highest BCUT2D eigenvalue weighted by molar-refractivity contribution is 6.01. The van der Waals surface area contributed by atoms with Crippen LogP contribution in [0, 0.1) is 0 Å². The van der Waals surface area contributed by atoms with Crippen LogP contribution in [0.15, 0.2) is 59.6 Å². The summed E-state index contributed by atoms with van der Waals surface area (Å²) in [5.41, 5.74) is 4.74. The molecule has 0 saturated carbocycles. The predicted octanol–water partition coefficient (Wildman–Crippen LogP) is 3.07. The molecule has 0 spiro atoms. The Kier molecular flexibility index (Phi) is 11.7. The van der Waals surface area contributed by atoms with Crippen molar-refractivity contribution < 1.29 is 38.4 Å². The number of carbonyl (C=O) groups excluding carboxylic acids is 2. The smallest absolute Gasteiger partial charge is 0.306 e. The summed E-state index contributed by atoms with van der Waals surface area (Å²) in [6.45, 7) is 5.97. The SMILES string of the molecule is COC(CNNC(=O)[C@@]1(CCC(=O)OC(C)(C)C)N=C(c2ccc(OCCCO)cc2)O[C@H]1c1ccccc1)OC. The third-order valence-electron chi connectivity index (χ3n) is 6.26. The molecule has 11 nitrogen and oxygen atoms in total. The van der Waals surface area contributed by atoms with Crippen LogP contribution in [-0.2, 0) is 28.5 Å². The first kappa shape index (κ1) is 32.0. The molecule has 0 unspecified atom stereocenters. The molecular formula is C30H41N3O8. The van der Waals surface area contributed by atoms with Crippen molar-refractivity contribution in [3.05, 3.63) is 65.7 Å². The van der Waals surface area contributed by atoms with E-state index in [0.29, 0.717) is 24.3 Å². The predicted molar refractivity (Wildman–Crippen MR) is 152 cm³/mol. The summed E-state index contributed by atoms with van der Waals surface area (Å²) in [5.74, 6) is -0.0488. The number of hydrogen-bond acceptors (Lipinski definition) is 10. The van der Waals surface area contributed by atoms with Gasteiger partial charge in [-0.05, 0) is 57.0 Å². The number of ether oxygens (including phenoxy) is 5. The molecule has 1 aliphatic heterocycles. The maximum Gasteiger partial charge on any atom is 0.306 e. The fourth-order valence-electron chi connectivity index (χ4n) is 4.27. The Balaban J connectivity index is 1.97. The molecule has 0 saturated heterocycles. The molecule has 11 heteroatoms. The maximum atomic E-state index is 13.9. The molecule has 1 heterocycles. The molecule has 0 aliphatic carbocycles. The highest BCUT2D eigenvalue weighted by atomic mass is 16.7. The standard InChI is InChI=1S/C30H41N3O8/c1-29(2,3)41-24(35)16-17-30(28(36)33-31-20-25(37-4)38-5)26(21-10-7-6-8-11-21)40-27(32-30)22-12-14-23(15-13-22)39-19-9-18-34/h6-8,10-15,25-26,31,34H,9,16-20H2,1-5H3,(H,33,36)/t26-,30-/m0/s1.